The molecule has 0 N–H and O–H groups in total. The van der Waals surface area contributed by atoms with Gasteiger partial charge in [-0.05, 0) is 43.7 Å². The average molecular weight is 533 g/mol. The molecule has 0 saturated carbocycles. The van der Waals surface area contributed by atoms with Gasteiger partial charge in [-0.25, -0.2) is 9.79 Å². The van der Waals surface area contributed by atoms with Crippen LogP contribution in [0, 0.1) is 0 Å². The molecule has 3 aromatic rings. The second-order valence-electron chi connectivity index (χ2n) is 7.55. The number of ether oxygens (including phenoxy) is 3. The molecule has 7 nitrogen and oxygen atoms in total. The Bertz CT molecular complexity index is 1520. The molecule has 0 bridgehead atoms. The van der Waals surface area contributed by atoms with Crippen LogP contribution < -0.4 is 24.4 Å². The Morgan fingerprint density at radius 1 is 1.20 bits per heavy atom. The predicted molar refractivity (Wildman–Crippen MR) is 136 cm³/mol. The summed E-state index contributed by atoms with van der Waals surface area (Å²) in [5, 5.41) is 0.728. The summed E-state index contributed by atoms with van der Waals surface area (Å²) in [6.45, 7) is 3.63. The van der Waals surface area contributed by atoms with Crippen molar-refractivity contribution in [3.63, 3.8) is 0 Å². The number of esters is 1. The number of hydrogen-bond donors (Lipinski definition) is 0. The van der Waals surface area contributed by atoms with Gasteiger partial charge in [-0.15, -0.1) is 0 Å². The number of carbonyl (C=O) groups is 1. The molecule has 2 heterocycles. The Balaban J connectivity index is 2.01. The quantitative estimate of drug-likeness (QED) is 0.446. The zero-order valence-corrected chi connectivity index (χ0v) is 21.8. The normalized spacial score (nSPS) is 15.5. The van der Waals surface area contributed by atoms with Crippen LogP contribution in [-0.2, 0) is 9.53 Å². The predicted octanol–water partition coefficient (Wildman–Crippen LogP) is 4.12. The number of carbonyl (C=O) groups excluding carboxylic acids is 1. The van der Waals surface area contributed by atoms with E-state index in [1.807, 2.05) is 0 Å². The lowest BCUT2D eigenvalue weighted by atomic mass is 9.95. The molecule has 0 spiro atoms. The van der Waals surface area contributed by atoms with E-state index < -0.39 is 12.0 Å². The van der Waals surface area contributed by atoms with Crippen LogP contribution in [0.15, 0.2) is 57.5 Å². The van der Waals surface area contributed by atoms with Crippen LogP contribution in [-0.4, -0.2) is 31.4 Å². The van der Waals surface area contributed by atoms with Crippen molar-refractivity contribution in [2.45, 2.75) is 19.9 Å². The SMILES string of the molecule is CCOC(=O)C1=C(C)N=c2s/c(=C\c3cccc(Cl)c3Cl)c(=O)n2[C@H]1c1ccc(OC)cc1OC. The summed E-state index contributed by atoms with van der Waals surface area (Å²) in [6, 6.07) is 9.60. The first-order chi connectivity index (χ1) is 16.8. The topological polar surface area (TPSA) is 79.1 Å². The van der Waals surface area contributed by atoms with Crippen LogP contribution in [0.25, 0.3) is 6.08 Å². The molecule has 0 fully saturated rings. The third kappa shape index (κ3) is 4.61. The minimum Gasteiger partial charge on any atom is -0.497 e. The number of rotatable bonds is 6. The van der Waals surface area contributed by atoms with E-state index in [0.717, 1.165) is 0 Å². The van der Waals surface area contributed by atoms with Gasteiger partial charge in [0.15, 0.2) is 4.80 Å². The van der Waals surface area contributed by atoms with Gasteiger partial charge in [-0.3, -0.25) is 9.36 Å². The fourth-order valence-corrected chi connectivity index (χ4v) is 5.30. The standard InChI is InChI=1S/C25H22Cl2N2O5S/c1-5-34-24(31)20-13(2)28-25-29(22(20)16-10-9-15(32-3)12-18(16)33-4)23(30)19(35-25)11-14-7-6-8-17(26)21(14)27/h6-12,22H,5H2,1-4H3/b19-11-/t22-/m0/s1. The molecule has 1 atom stereocenters. The number of benzene rings is 2. The van der Waals surface area contributed by atoms with Crippen LogP contribution in [0.3, 0.4) is 0 Å². The molecule has 0 unspecified atom stereocenters. The van der Waals surface area contributed by atoms with E-state index in [9.17, 15) is 9.59 Å². The van der Waals surface area contributed by atoms with Crippen molar-refractivity contribution in [2.75, 3.05) is 20.8 Å². The monoisotopic (exact) mass is 532 g/mol. The van der Waals surface area contributed by atoms with Gasteiger partial charge < -0.3 is 14.2 Å². The van der Waals surface area contributed by atoms with E-state index in [4.69, 9.17) is 37.4 Å². The second kappa shape index (κ2) is 10.3. The largest absolute Gasteiger partial charge is 0.497 e. The highest BCUT2D eigenvalue weighted by atomic mass is 35.5. The maximum atomic E-state index is 13.7. The van der Waals surface area contributed by atoms with Gasteiger partial charge in [-0.1, -0.05) is 46.7 Å². The first kappa shape index (κ1) is 25.0. The number of fused-ring (bicyclic) bond motifs is 1. The number of nitrogens with zero attached hydrogens (tertiary/aromatic N) is 2. The molecule has 1 aromatic heterocycles. The van der Waals surface area contributed by atoms with Gasteiger partial charge in [0.2, 0.25) is 0 Å². The lowest BCUT2D eigenvalue weighted by Crippen LogP contribution is -2.40. The molecule has 0 saturated heterocycles. The molecule has 0 radical (unpaired) electrons. The minimum atomic E-state index is -0.817. The Morgan fingerprint density at radius 3 is 2.66 bits per heavy atom. The average Bonchev–Trinajstić information content (AvgIpc) is 3.15. The third-order valence-corrected chi connectivity index (χ3v) is 7.34. The summed E-state index contributed by atoms with van der Waals surface area (Å²) in [6.07, 6.45) is 1.67. The first-order valence-corrected chi connectivity index (χ1v) is 12.2. The Hall–Kier alpha value is -3.07. The Kier molecular flexibility index (Phi) is 7.35. The van der Waals surface area contributed by atoms with Crippen LogP contribution in [0.1, 0.15) is 31.0 Å². The summed E-state index contributed by atoms with van der Waals surface area (Å²) in [5.74, 6) is 0.481. The molecule has 35 heavy (non-hydrogen) atoms. The third-order valence-electron chi connectivity index (χ3n) is 5.52. The van der Waals surface area contributed by atoms with Gasteiger partial charge in [-0.2, -0.15) is 0 Å². The summed E-state index contributed by atoms with van der Waals surface area (Å²) in [4.78, 5) is 31.8. The molecule has 10 heteroatoms. The zero-order valence-electron chi connectivity index (χ0n) is 19.4. The van der Waals surface area contributed by atoms with Gasteiger partial charge >= 0.3 is 5.97 Å². The highest BCUT2D eigenvalue weighted by molar-refractivity contribution is 7.07. The van der Waals surface area contributed by atoms with Gasteiger partial charge in [0.1, 0.15) is 17.5 Å². The molecular formula is C25H22Cl2N2O5S. The molecule has 182 valence electrons. The highest BCUT2D eigenvalue weighted by Gasteiger charge is 2.35. The molecule has 1 aliphatic rings. The number of methoxy groups -OCH3 is 2. The van der Waals surface area contributed by atoms with Crippen molar-refractivity contribution in [1.82, 2.24) is 4.57 Å². The fraction of sp³-hybridized carbons (Fsp3) is 0.240. The van der Waals surface area contributed by atoms with Crippen molar-refractivity contribution in [3.8, 4) is 11.5 Å². The highest BCUT2D eigenvalue weighted by Crippen LogP contribution is 2.37. The lowest BCUT2D eigenvalue weighted by Gasteiger charge is -2.26. The van der Waals surface area contributed by atoms with Crippen molar-refractivity contribution in [3.05, 3.63) is 88.5 Å². The van der Waals surface area contributed by atoms with Gasteiger partial charge in [0, 0.05) is 11.6 Å². The van der Waals surface area contributed by atoms with E-state index in [1.165, 1.54) is 23.0 Å². The summed E-state index contributed by atoms with van der Waals surface area (Å²) < 4.78 is 18.1. The van der Waals surface area contributed by atoms with E-state index in [-0.39, 0.29) is 17.7 Å². The summed E-state index contributed by atoms with van der Waals surface area (Å²) >= 11 is 13.7. The van der Waals surface area contributed by atoms with E-state index in [1.54, 1.807) is 63.4 Å². The van der Waals surface area contributed by atoms with E-state index >= 15 is 0 Å². The molecule has 0 amide bonds. The van der Waals surface area contributed by atoms with Crippen molar-refractivity contribution >= 4 is 46.6 Å². The number of allylic oxidation sites excluding steroid dienone is 1. The number of aromatic nitrogens is 1. The van der Waals surface area contributed by atoms with Crippen molar-refractivity contribution in [1.29, 1.82) is 0 Å². The van der Waals surface area contributed by atoms with Crippen LogP contribution in [0.4, 0.5) is 0 Å². The van der Waals surface area contributed by atoms with E-state index in [0.29, 0.717) is 47.7 Å². The number of thiazole rings is 1. The Morgan fingerprint density at radius 2 is 1.97 bits per heavy atom. The summed E-state index contributed by atoms with van der Waals surface area (Å²) in [5.41, 5.74) is 1.58. The number of hydrogen-bond acceptors (Lipinski definition) is 7. The zero-order chi connectivity index (χ0) is 25.3. The smallest absolute Gasteiger partial charge is 0.338 e. The minimum absolute atomic E-state index is 0.180. The first-order valence-electron chi connectivity index (χ1n) is 10.7. The molecule has 4 rings (SSSR count). The summed E-state index contributed by atoms with van der Waals surface area (Å²) in [7, 11) is 3.07. The molecule has 0 aliphatic carbocycles. The van der Waals surface area contributed by atoms with Gasteiger partial charge in [0.05, 0.1) is 46.7 Å². The maximum absolute atomic E-state index is 13.7. The fourth-order valence-electron chi connectivity index (χ4n) is 3.90. The van der Waals surface area contributed by atoms with E-state index in [2.05, 4.69) is 4.99 Å². The Labute approximate surface area is 215 Å². The lowest BCUT2D eigenvalue weighted by molar-refractivity contribution is -0.139. The van der Waals surface area contributed by atoms with Crippen LogP contribution in [0.2, 0.25) is 10.0 Å². The molecule has 2 aromatic carbocycles. The maximum Gasteiger partial charge on any atom is 0.338 e. The molecular weight excluding hydrogens is 511 g/mol. The van der Waals surface area contributed by atoms with Crippen LogP contribution in [0.5, 0.6) is 11.5 Å². The van der Waals surface area contributed by atoms with Crippen molar-refractivity contribution < 1.29 is 19.0 Å². The second-order valence-corrected chi connectivity index (χ2v) is 9.35. The van der Waals surface area contributed by atoms with Gasteiger partial charge in [0.25, 0.3) is 5.56 Å². The molecule has 1 aliphatic heterocycles. The van der Waals surface area contributed by atoms with Crippen molar-refractivity contribution in [2.24, 2.45) is 4.99 Å². The van der Waals surface area contributed by atoms with Crippen LogP contribution >= 0.6 is 34.5 Å². The number of halogens is 2.